The van der Waals surface area contributed by atoms with E-state index in [4.69, 9.17) is 16.3 Å². The Balaban J connectivity index is 1.40. The van der Waals surface area contributed by atoms with Crippen LogP contribution >= 0.6 is 23.4 Å². The molecular weight excluding hydrogens is 479 g/mol. The van der Waals surface area contributed by atoms with Gasteiger partial charge in [-0.2, -0.15) is 0 Å². The van der Waals surface area contributed by atoms with Gasteiger partial charge in [-0.1, -0.05) is 54.1 Å². The Morgan fingerprint density at radius 3 is 2.53 bits per heavy atom. The maximum atomic E-state index is 13.9. The van der Waals surface area contributed by atoms with E-state index in [-0.39, 0.29) is 34.6 Å². The minimum atomic E-state index is -0.507. The summed E-state index contributed by atoms with van der Waals surface area (Å²) in [7, 11) is 0. The summed E-state index contributed by atoms with van der Waals surface area (Å²) in [5.41, 5.74) is 1.48. The first-order chi connectivity index (χ1) is 16.4. The Morgan fingerprint density at radius 2 is 1.79 bits per heavy atom. The number of imide groups is 1. The molecule has 0 unspecified atom stereocenters. The normalized spacial score (nSPS) is 14.5. The Morgan fingerprint density at radius 1 is 1.06 bits per heavy atom. The molecular formula is C25H18ClFN2O4S. The molecule has 1 saturated heterocycles. The summed E-state index contributed by atoms with van der Waals surface area (Å²) in [6.45, 7) is -0.379. The summed E-state index contributed by atoms with van der Waals surface area (Å²) >= 11 is 7.06. The standard InChI is InChI=1S/C25H18ClFN2O4S/c26-19-12-16(10-11-21(19)33-15-23(30)28-18-7-2-1-3-8-18)13-22-24(31)29(25(32)34-22)14-17-6-4-5-9-20(17)27/h1-13H,14-15H2,(H,28,30)/b22-13-. The van der Waals surface area contributed by atoms with Gasteiger partial charge < -0.3 is 10.1 Å². The summed E-state index contributed by atoms with van der Waals surface area (Å²) in [6.07, 6.45) is 1.53. The van der Waals surface area contributed by atoms with Crippen molar-refractivity contribution in [1.82, 2.24) is 4.90 Å². The van der Waals surface area contributed by atoms with Crippen LogP contribution in [0.1, 0.15) is 11.1 Å². The summed E-state index contributed by atoms with van der Waals surface area (Å²) in [5, 5.41) is 2.47. The van der Waals surface area contributed by atoms with E-state index in [2.05, 4.69) is 5.32 Å². The second-order valence-corrected chi connectivity index (χ2v) is 8.65. The van der Waals surface area contributed by atoms with E-state index >= 15 is 0 Å². The zero-order valence-corrected chi connectivity index (χ0v) is 19.2. The van der Waals surface area contributed by atoms with Crippen LogP contribution in [0.4, 0.5) is 14.9 Å². The second kappa shape index (κ2) is 10.5. The molecule has 0 atom stereocenters. The molecule has 0 radical (unpaired) electrons. The van der Waals surface area contributed by atoms with Crippen molar-refractivity contribution in [3.05, 3.63) is 99.7 Å². The lowest BCUT2D eigenvalue weighted by Gasteiger charge is -2.12. The van der Waals surface area contributed by atoms with Gasteiger partial charge in [0.2, 0.25) is 0 Å². The predicted octanol–water partition coefficient (Wildman–Crippen LogP) is 5.73. The first-order valence-corrected chi connectivity index (χ1v) is 11.4. The number of halogens is 2. The minimum Gasteiger partial charge on any atom is -0.482 e. The quantitative estimate of drug-likeness (QED) is 0.422. The lowest BCUT2D eigenvalue weighted by molar-refractivity contribution is -0.123. The van der Waals surface area contributed by atoms with Crippen LogP contribution in [0.25, 0.3) is 6.08 Å². The number of anilines is 1. The molecule has 1 heterocycles. The molecule has 1 aliphatic heterocycles. The Hall–Kier alpha value is -3.62. The Labute approximate surface area is 204 Å². The van der Waals surface area contributed by atoms with Crippen LogP contribution in [0.3, 0.4) is 0 Å². The number of para-hydroxylation sites is 1. The number of ether oxygens (including phenoxy) is 1. The summed E-state index contributed by atoms with van der Waals surface area (Å²) < 4.78 is 19.4. The van der Waals surface area contributed by atoms with Gasteiger partial charge in [0.1, 0.15) is 11.6 Å². The Bertz CT molecular complexity index is 1280. The number of nitrogens with zero attached hydrogens (tertiary/aromatic N) is 1. The molecule has 172 valence electrons. The Kier molecular flexibility index (Phi) is 7.30. The molecule has 1 fully saturated rings. The number of hydrogen-bond donors (Lipinski definition) is 1. The summed E-state index contributed by atoms with van der Waals surface area (Å²) in [5.74, 6) is -1.03. The van der Waals surface area contributed by atoms with E-state index < -0.39 is 17.0 Å². The van der Waals surface area contributed by atoms with E-state index in [9.17, 15) is 18.8 Å². The topological polar surface area (TPSA) is 75.7 Å². The van der Waals surface area contributed by atoms with Crippen LogP contribution < -0.4 is 10.1 Å². The van der Waals surface area contributed by atoms with Gasteiger partial charge in [-0.25, -0.2) is 4.39 Å². The molecule has 3 aromatic carbocycles. The van der Waals surface area contributed by atoms with Gasteiger partial charge in [0.15, 0.2) is 6.61 Å². The average molecular weight is 497 g/mol. The number of rotatable bonds is 7. The molecule has 6 nitrogen and oxygen atoms in total. The molecule has 0 bridgehead atoms. The highest BCUT2D eigenvalue weighted by Crippen LogP contribution is 2.35. The van der Waals surface area contributed by atoms with Gasteiger partial charge in [-0.05, 0) is 53.7 Å². The number of hydrogen-bond acceptors (Lipinski definition) is 5. The highest BCUT2D eigenvalue weighted by Gasteiger charge is 2.35. The van der Waals surface area contributed by atoms with E-state index in [1.165, 1.54) is 18.2 Å². The first-order valence-electron chi connectivity index (χ1n) is 10.2. The predicted molar refractivity (Wildman–Crippen MR) is 130 cm³/mol. The fourth-order valence-electron chi connectivity index (χ4n) is 3.17. The maximum Gasteiger partial charge on any atom is 0.293 e. The fourth-order valence-corrected chi connectivity index (χ4v) is 4.25. The van der Waals surface area contributed by atoms with Crippen LogP contribution in [0.2, 0.25) is 5.02 Å². The SMILES string of the molecule is O=C(COc1ccc(/C=C2\SC(=O)N(Cc3ccccc3F)C2=O)cc1Cl)Nc1ccccc1. The zero-order chi connectivity index (χ0) is 24.1. The van der Waals surface area contributed by atoms with Gasteiger partial charge in [-0.3, -0.25) is 19.3 Å². The summed E-state index contributed by atoms with van der Waals surface area (Å²) in [4.78, 5) is 38.3. The van der Waals surface area contributed by atoms with E-state index in [0.717, 1.165) is 16.7 Å². The van der Waals surface area contributed by atoms with Gasteiger partial charge in [0, 0.05) is 11.3 Å². The smallest absolute Gasteiger partial charge is 0.293 e. The molecule has 3 aromatic rings. The van der Waals surface area contributed by atoms with Crippen molar-refractivity contribution >= 4 is 52.2 Å². The lowest BCUT2D eigenvalue weighted by Crippen LogP contribution is -2.27. The van der Waals surface area contributed by atoms with Crippen molar-refractivity contribution in [2.45, 2.75) is 6.54 Å². The highest BCUT2D eigenvalue weighted by molar-refractivity contribution is 8.18. The van der Waals surface area contributed by atoms with E-state index in [1.807, 2.05) is 6.07 Å². The van der Waals surface area contributed by atoms with Crippen molar-refractivity contribution in [2.75, 3.05) is 11.9 Å². The van der Waals surface area contributed by atoms with E-state index in [0.29, 0.717) is 17.0 Å². The number of thioether (sulfide) groups is 1. The van der Waals surface area contributed by atoms with E-state index in [1.54, 1.807) is 54.6 Å². The third-order valence-electron chi connectivity index (χ3n) is 4.83. The van der Waals surface area contributed by atoms with Gasteiger partial charge >= 0.3 is 0 Å². The molecule has 4 rings (SSSR count). The molecule has 9 heteroatoms. The molecule has 1 N–H and O–H groups in total. The molecule has 0 aromatic heterocycles. The third-order valence-corrected chi connectivity index (χ3v) is 6.03. The zero-order valence-electron chi connectivity index (χ0n) is 17.7. The molecule has 34 heavy (non-hydrogen) atoms. The van der Waals surface area contributed by atoms with Crippen LogP contribution in [-0.4, -0.2) is 28.6 Å². The average Bonchev–Trinajstić information content (AvgIpc) is 3.08. The van der Waals surface area contributed by atoms with Crippen LogP contribution in [0.15, 0.2) is 77.7 Å². The second-order valence-electron chi connectivity index (χ2n) is 7.25. The van der Waals surface area contributed by atoms with Gasteiger partial charge in [0.05, 0.1) is 16.5 Å². The van der Waals surface area contributed by atoms with Gasteiger partial charge in [-0.15, -0.1) is 0 Å². The van der Waals surface area contributed by atoms with Crippen molar-refractivity contribution in [2.24, 2.45) is 0 Å². The number of carbonyl (C=O) groups excluding carboxylic acids is 3. The monoisotopic (exact) mass is 496 g/mol. The summed E-state index contributed by atoms with van der Waals surface area (Å²) in [6, 6.07) is 19.8. The lowest BCUT2D eigenvalue weighted by atomic mass is 10.2. The van der Waals surface area contributed by atoms with Crippen molar-refractivity contribution in [1.29, 1.82) is 0 Å². The maximum absolute atomic E-state index is 13.9. The van der Waals surface area contributed by atoms with Crippen molar-refractivity contribution in [3.8, 4) is 5.75 Å². The molecule has 3 amide bonds. The molecule has 1 aliphatic rings. The largest absolute Gasteiger partial charge is 0.482 e. The molecule has 0 aliphatic carbocycles. The molecule has 0 saturated carbocycles. The fraction of sp³-hybridized carbons (Fsp3) is 0.0800. The van der Waals surface area contributed by atoms with Crippen LogP contribution in [0.5, 0.6) is 5.75 Å². The van der Waals surface area contributed by atoms with Crippen molar-refractivity contribution < 1.29 is 23.5 Å². The third kappa shape index (κ3) is 5.65. The first kappa shape index (κ1) is 23.5. The number of benzene rings is 3. The van der Waals surface area contributed by atoms with Gasteiger partial charge in [0.25, 0.3) is 17.1 Å². The number of nitrogens with one attached hydrogen (secondary N) is 1. The van der Waals surface area contributed by atoms with Crippen LogP contribution in [-0.2, 0) is 16.1 Å². The van der Waals surface area contributed by atoms with Crippen molar-refractivity contribution in [3.63, 3.8) is 0 Å². The highest BCUT2D eigenvalue weighted by atomic mass is 35.5. The number of amides is 3. The minimum absolute atomic E-state index is 0.146. The number of carbonyl (C=O) groups is 3. The molecule has 0 spiro atoms. The van der Waals surface area contributed by atoms with Crippen LogP contribution in [0, 0.1) is 5.82 Å².